The van der Waals surface area contributed by atoms with Gasteiger partial charge in [0.15, 0.2) is 0 Å². The van der Waals surface area contributed by atoms with Crippen LogP contribution in [0.3, 0.4) is 0 Å². The molecule has 2 aromatic rings. The van der Waals surface area contributed by atoms with Crippen LogP contribution in [-0.2, 0) is 7.05 Å². The number of benzene rings is 1. The molecule has 4 nitrogen and oxygen atoms in total. The minimum Gasteiger partial charge on any atom is -0.497 e. The fourth-order valence-electron chi connectivity index (χ4n) is 2.16. The Bertz CT molecular complexity index is 648. The van der Waals surface area contributed by atoms with Crippen LogP contribution in [0.1, 0.15) is 5.89 Å². The molecule has 1 aliphatic rings. The molecule has 0 saturated carbocycles. The first kappa shape index (κ1) is 12.4. The molecule has 0 N–H and O–H groups in total. The fraction of sp³-hybridized carbons (Fsp3) is 0.357. The van der Waals surface area contributed by atoms with Gasteiger partial charge >= 0.3 is 5.89 Å². The van der Waals surface area contributed by atoms with Crippen molar-refractivity contribution in [1.82, 2.24) is 4.90 Å². The van der Waals surface area contributed by atoms with Crippen LogP contribution in [0.15, 0.2) is 27.6 Å². The number of thioether (sulfide) groups is 1. The van der Waals surface area contributed by atoms with Gasteiger partial charge in [0.2, 0.25) is 5.58 Å². The zero-order valence-corrected chi connectivity index (χ0v) is 12.2. The molecule has 100 valence electrons. The molecule has 0 atom stereocenters. The molecular weight excluding hydrogens is 260 g/mol. The summed E-state index contributed by atoms with van der Waals surface area (Å²) in [6.07, 6.45) is 2.10. The molecule has 0 unspecified atom stereocenters. The predicted octanol–water partition coefficient (Wildman–Crippen LogP) is 2.24. The summed E-state index contributed by atoms with van der Waals surface area (Å²) >= 11 is 1.86. The van der Waals surface area contributed by atoms with Gasteiger partial charge in [0.25, 0.3) is 5.52 Å². The van der Waals surface area contributed by atoms with Gasteiger partial charge in [-0.05, 0) is 12.1 Å². The van der Waals surface area contributed by atoms with E-state index >= 15 is 0 Å². The smallest absolute Gasteiger partial charge is 0.376 e. The third kappa shape index (κ3) is 2.18. The monoisotopic (exact) mass is 277 g/mol. The summed E-state index contributed by atoms with van der Waals surface area (Å²) in [7, 11) is 5.79. The van der Waals surface area contributed by atoms with Crippen LogP contribution in [0, 0.1) is 0 Å². The van der Waals surface area contributed by atoms with Crippen molar-refractivity contribution in [2.75, 3.05) is 26.5 Å². The van der Waals surface area contributed by atoms with Gasteiger partial charge in [-0.1, -0.05) is 0 Å². The third-order valence-electron chi connectivity index (χ3n) is 3.37. The van der Waals surface area contributed by atoms with Crippen molar-refractivity contribution in [2.45, 2.75) is 0 Å². The molecule has 1 saturated heterocycles. The van der Waals surface area contributed by atoms with E-state index in [1.54, 1.807) is 7.11 Å². The van der Waals surface area contributed by atoms with Crippen molar-refractivity contribution >= 4 is 28.9 Å². The summed E-state index contributed by atoms with van der Waals surface area (Å²) in [6.45, 7) is 1.09. The average Bonchev–Trinajstić information content (AvgIpc) is 2.95. The van der Waals surface area contributed by atoms with Crippen molar-refractivity contribution in [3.8, 4) is 5.75 Å². The van der Waals surface area contributed by atoms with Crippen molar-refractivity contribution in [3.05, 3.63) is 29.1 Å². The van der Waals surface area contributed by atoms with E-state index in [1.807, 2.05) is 37.0 Å². The number of aromatic nitrogens is 1. The van der Waals surface area contributed by atoms with Gasteiger partial charge in [-0.2, -0.15) is 4.57 Å². The van der Waals surface area contributed by atoms with E-state index in [0.29, 0.717) is 0 Å². The predicted molar refractivity (Wildman–Crippen MR) is 77.0 cm³/mol. The lowest BCUT2D eigenvalue weighted by atomic mass is 10.3. The third-order valence-corrected chi connectivity index (χ3v) is 4.48. The number of hydrogen-bond donors (Lipinski definition) is 0. The number of hydrogen-bond acceptors (Lipinski definition) is 4. The summed E-state index contributed by atoms with van der Waals surface area (Å²) in [4.78, 5) is 2.25. The fourth-order valence-corrected chi connectivity index (χ4v) is 3.23. The van der Waals surface area contributed by atoms with Crippen molar-refractivity contribution < 1.29 is 13.7 Å². The Morgan fingerprint density at radius 2 is 2.32 bits per heavy atom. The number of ether oxygens (including phenoxy) is 1. The maximum Gasteiger partial charge on any atom is 0.376 e. The summed E-state index contributed by atoms with van der Waals surface area (Å²) in [5, 5.41) is 1.25. The molecule has 0 spiro atoms. The van der Waals surface area contributed by atoms with E-state index < -0.39 is 0 Å². The molecule has 0 bridgehead atoms. The molecular formula is C14H17N2O2S+. The van der Waals surface area contributed by atoms with Gasteiger partial charge in [-0.15, -0.1) is 11.8 Å². The second-order valence-corrected chi connectivity index (χ2v) is 5.70. The van der Waals surface area contributed by atoms with Gasteiger partial charge in [-0.3, -0.25) is 0 Å². The van der Waals surface area contributed by atoms with Crippen LogP contribution in [-0.4, -0.2) is 31.4 Å². The maximum atomic E-state index is 5.90. The lowest BCUT2D eigenvalue weighted by molar-refractivity contribution is -0.652. The molecule has 0 radical (unpaired) electrons. The highest BCUT2D eigenvalue weighted by Gasteiger charge is 2.21. The Labute approximate surface area is 116 Å². The average molecular weight is 277 g/mol. The molecule has 1 aromatic heterocycles. The van der Waals surface area contributed by atoms with Crippen molar-refractivity contribution in [3.63, 3.8) is 0 Å². The van der Waals surface area contributed by atoms with Crippen LogP contribution in [0.2, 0.25) is 0 Å². The minimum atomic E-state index is 0.843. The Hall–Kier alpha value is -1.62. The van der Waals surface area contributed by atoms with E-state index in [0.717, 1.165) is 35.0 Å². The quantitative estimate of drug-likeness (QED) is 0.787. The number of methoxy groups -OCH3 is 1. The number of oxazole rings is 1. The molecule has 1 aliphatic heterocycles. The van der Waals surface area contributed by atoms with Crippen LogP contribution in [0.5, 0.6) is 5.75 Å². The first-order valence-corrected chi connectivity index (χ1v) is 7.20. The van der Waals surface area contributed by atoms with Gasteiger partial charge in [0.05, 0.1) is 24.3 Å². The second-order valence-electron chi connectivity index (χ2n) is 4.59. The highest BCUT2D eigenvalue weighted by Crippen LogP contribution is 2.28. The lowest BCUT2D eigenvalue weighted by Crippen LogP contribution is -2.29. The molecule has 0 aliphatic carbocycles. The number of fused-ring (bicyclic) bond motifs is 1. The van der Waals surface area contributed by atoms with E-state index in [1.165, 1.54) is 5.03 Å². The Kier molecular flexibility index (Phi) is 3.14. The van der Waals surface area contributed by atoms with E-state index in [2.05, 4.69) is 22.6 Å². The normalized spacial score (nSPS) is 17.6. The molecule has 0 amide bonds. The molecule has 3 rings (SSSR count). The van der Waals surface area contributed by atoms with Gasteiger partial charge < -0.3 is 14.1 Å². The van der Waals surface area contributed by atoms with Crippen LogP contribution >= 0.6 is 11.8 Å². The summed E-state index contributed by atoms with van der Waals surface area (Å²) < 4.78 is 13.2. The first-order valence-electron chi connectivity index (χ1n) is 6.21. The zero-order chi connectivity index (χ0) is 13.4. The van der Waals surface area contributed by atoms with Gasteiger partial charge in [0, 0.05) is 19.3 Å². The number of nitrogens with zero attached hydrogens (tertiary/aromatic N) is 2. The molecule has 5 heteroatoms. The van der Waals surface area contributed by atoms with Crippen LogP contribution < -0.4 is 9.30 Å². The zero-order valence-electron chi connectivity index (χ0n) is 11.3. The second kappa shape index (κ2) is 4.81. The van der Waals surface area contributed by atoms with Crippen molar-refractivity contribution in [1.29, 1.82) is 0 Å². The molecule has 1 fully saturated rings. The Balaban J connectivity index is 2.07. The number of rotatable bonds is 2. The topological polar surface area (TPSA) is 29.5 Å². The summed E-state index contributed by atoms with van der Waals surface area (Å²) in [5.74, 6) is 2.84. The largest absolute Gasteiger partial charge is 0.497 e. The van der Waals surface area contributed by atoms with Crippen molar-refractivity contribution in [2.24, 2.45) is 7.05 Å². The highest BCUT2D eigenvalue weighted by molar-refractivity contribution is 8.03. The van der Waals surface area contributed by atoms with E-state index in [4.69, 9.17) is 9.15 Å². The Morgan fingerprint density at radius 1 is 1.47 bits per heavy atom. The van der Waals surface area contributed by atoms with Gasteiger partial charge in [0.1, 0.15) is 12.8 Å². The SMILES string of the molecule is COc1ccc2oc(/C=C3\SCCN3C)[n+](C)c2c1. The van der Waals surface area contributed by atoms with E-state index in [-0.39, 0.29) is 0 Å². The lowest BCUT2D eigenvalue weighted by Gasteiger charge is -2.08. The maximum absolute atomic E-state index is 5.90. The van der Waals surface area contributed by atoms with E-state index in [9.17, 15) is 0 Å². The number of aryl methyl sites for hydroxylation is 1. The summed E-state index contributed by atoms with van der Waals surface area (Å²) in [5.41, 5.74) is 1.91. The molecule has 19 heavy (non-hydrogen) atoms. The molecule has 2 heterocycles. The van der Waals surface area contributed by atoms with Crippen LogP contribution in [0.25, 0.3) is 17.2 Å². The first-order chi connectivity index (χ1) is 9.19. The molecule has 1 aromatic carbocycles. The highest BCUT2D eigenvalue weighted by atomic mass is 32.2. The van der Waals surface area contributed by atoms with Gasteiger partial charge in [-0.25, -0.2) is 0 Å². The van der Waals surface area contributed by atoms with Crippen LogP contribution in [0.4, 0.5) is 0 Å². The standard InChI is InChI=1S/C14H17N2O2S/c1-15-6-7-19-14(15)9-13-16(2)11-8-10(17-3)4-5-12(11)18-13/h4-5,8-9H,6-7H2,1-3H3/q+1. The summed E-state index contributed by atoms with van der Waals surface area (Å²) in [6, 6.07) is 5.85. The Morgan fingerprint density at radius 3 is 3.00 bits per heavy atom. The minimum absolute atomic E-state index is 0.843.